The fourth-order valence-electron chi connectivity index (χ4n) is 4.04. The molecule has 1 aliphatic rings. The Kier molecular flexibility index (Phi) is 6.25. The zero-order valence-electron chi connectivity index (χ0n) is 19.1. The number of benzene rings is 1. The lowest BCUT2D eigenvalue weighted by atomic mass is 9.92. The Balaban J connectivity index is 1.81. The van der Waals surface area contributed by atoms with E-state index in [1.54, 1.807) is 20.1 Å². The van der Waals surface area contributed by atoms with Crippen molar-refractivity contribution in [2.75, 3.05) is 13.7 Å². The Hall–Kier alpha value is -3.09. The molecule has 0 bridgehead atoms. The molecule has 1 N–H and O–H groups in total. The van der Waals surface area contributed by atoms with E-state index < -0.39 is 11.6 Å². The van der Waals surface area contributed by atoms with Gasteiger partial charge in [-0.05, 0) is 69.9 Å². The summed E-state index contributed by atoms with van der Waals surface area (Å²) in [5.41, 5.74) is 2.12. The van der Waals surface area contributed by atoms with Crippen LogP contribution in [0.1, 0.15) is 55.4 Å². The quantitative estimate of drug-likeness (QED) is 0.511. The molecule has 0 radical (unpaired) electrons. The van der Waals surface area contributed by atoms with Crippen molar-refractivity contribution in [1.82, 2.24) is 14.8 Å². The number of aryl methyl sites for hydroxylation is 1. The van der Waals surface area contributed by atoms with E-state index in [2.05, 4.69) is 19.2 Å². The maximum Gasteiger partial charge on any atom is 0.325 e. The van der Waals surface area contributed by atoms with Crippen LogP contribution in [0.25, 0.3) is 5.69 Å². The summed E-state index contributed by atoms with van der Waals surface area (Å²) in [6, 6.07) is 8.86. The second kappa shape index (κ2) is 8.57. The third-order valence-corrected chi connectivity index (χ3v) is 5.93. The number of imide groups is 1. The van der Waals surface area contributed by atoms with Crippen LogP contribution in [0.3, 0.4) is 0 Å². The second-order valence-electron chi connectivity index (χ2n) is 8.83. The lowest BCUT2D eigenvalue weighted by Crippen LogP contribution is -2.44. The molecule has 7 nitrogen and oxygen atoms in total. The number of aromatic nitrogens is 1. The standard InChI is InChI=1S/C24H31N3O4/c1-15(2)11-12-24(5)22(29)26(23(30)25-24)14-21(28)20-13-16(3)27(17(20)4)18-7-9-19(31-6)10-8-18/h7-10,13,15H,11-12,14H2,1-6H3,(H,25,30). The third-order valence-electron chi connectivity index (χ3n) is 5.93. The lowest BCUT2D eigenvalue weighted by Gasteiger charge is -2.22. The maximum absolute atomic E-state index is 13.1. The van der Waals surface area contributed by atoms with Crippen LogP contribution in [0.4, 0.5) is 4.79 Å². The number of nitrogens with zero attached hydrogens (tertiary/aromatic N) is 2. The number of urea groups is 1. The molecule has 3 rings (SSSR count). The lowest BCUT2D eigenvalue weighted by molar-refractivity contribution is -0.130. The molecule has 1 atom stereocenters. The number of Topliss-reactive ketones (excluding diaryl/α,β-unsaturated/α-hetero) is 1. The SMILES string of the molecule is COc1ccc(-n2c(C)cc(C(=O)CN3C(=O)NC(C)(CCC(C)C)C3=O)c2C)cc1. The molecule has 1 saturated heterocycles. The summed E-state index contributed by atoms with van der Waals surface area (Å²) >= 11 is 0. The van der Waals surface area contributed by atoms with Crippen molar-refractivity contribution in [3.63, 3.8) is 0 Å². The Labute approximate surface area is 183 Å². The number of nitrogens with one attached hydrogen (secondary N) is 1. The van der Waals surface area contributed by atoms with Gasteiger partial charge in [0.25, 0.3) is 5.91 Å². The molecule has 1 unspecified atom stereocenters. The zero-order chi connectivity index (χ0) is 22.9. The molecule has 1 aromatic carbocycles. The number of amides is 3. The van der Waals surface area contributed by atoms with Crippen molar-refractivity contribution < 1.29 is 19.1 Å². The van der Waals surface area contributed by atoms with Crippen LogP contribution in [0.5, 0.6) is 5.75 Å². The molecular weight excluding hydrogens is 394 g/mol. The Morgan fingerprint density at radius 3 is 2.39 bits per heavy atom. The summed E-state index contributed by atoms with van der Waals surface area (Å²) in [6.45, 7) is 9.40. The van der Waals surface area contributed by atoms with E-state index in [0.717, 1.165) is 34.1 Å². The van der Waals surface area contributed by atoms with Crippen LogP contribution in [0, 0.1) is 19.8 Å². The normalized spacial score (nSPS) is 18.6. The van der Waals surface area contributed by atoms with Gasteiger partial charge in [-0.2, -0.15) is 0 Å². The highest BCUT2D eigenvalue weighted by atomic mass is 16.5. The van der Waals surface area contributed by atoms with E-state index in [-0.39, 0.29) is 18.2 Å². The molecule has 2 heterocycles. The summed E-state index contributed by atoms with van der Waals surface area (Å²) in [6.07, 6.45) is 1.36. The van der Waals surface area contributed by atoms with Gasteiger partial charge in [0.2, 0.25) is 0 Å². The van der Waals surface area contributed by atoms with E-state index in [1.807, 2.05) is 42.7 Å². The molecule has 31 heavy (non-hydrogen) atoms. The van der Waals surface area contributed by atoms with E-state index in [9.17, 15) is 14.4 Å². The summed E-state index contributed by atoms with van der Waals surface area (Å²) in [4.78, 5) is 39.5. The van der Waals surface area contributed by atoms with Gasteiger partial charge < -0.3 is 14.6 Å². The van der Waals surface area contributed by atoms with Crippen molar-refractivity contribution in [3.8, 4) is 11.4 Å². The highest BCUT2D eigenvalue weighted by Crippen LogP contribution is 2.27. The van der Waals surface area contributed by atoms with Crippen LogP contribution in [-0.4, -0.2) is 46.4 Å². The second-order valence-corrected chi connectivity index (χ2v) is 8.83. The van der Waals surface area contributed by atoms with Gasteiger partial charge >= 0.3 is 6.03 Å². The number of ketones is 1. The molecule has 2 aromatic rings. The first-order chi connectivity index (χ1) is 14.6. The molecule has 3 amide bonds. The first kappa shape index (κ1) is 22.6. The molecule has 166 valence electrons. The predicted molar refractivity (Wildman–Crippen MR) is 119 cm³/mol. The molecule has 7 heteroatoms. The minimum absolute atomic E-state index is 0.260. The van der Waals surface area contributed by atoms with E-state index in [1.165, 1.54) is 0 Å². The average Bonchev–Trinajstić information content (AvgIpc) is 3.14. The summed E-state index contributed by atoms with van der Waals surface area (Å²) in [5, 5.41) is 2.78. The van der Waals surface area contributed by atoms with Gasteiger partial charge in [0.05, 0.1) is 13.7 Å². The minimum atomic E-state index is -0.957. The van der Waals surface area contributed by atoms with Crippen LogP contribution < -0.4 is 10.1 Å². The van der Waals surface area contributed by atoms with Gasteiger partial charge in [0, 0.05) is 22.6 Å². The van der Waals surface area contributed by atoms with Gasteiger partial charge in [0.1, 0.15) is 11.3 Å². The smallest absolute Gasteiger partial charge is 0.325 e. The first-order valence-electron chi connectivity index (χ1n) is 10.6. The van der Waals surface area contributed by atoms with Crippen LogP contribution in [0.2, 0.25) is 0 Å². The molecule has 0 saturated carbocycles. The van der Waals surface area contributed by atoms with E-state index >= 15 is 0 Å². The first-order valence-corrected chi connectivity index (χ1v) is 10.6. The highest BCUT2D eigenvalue weighted by Gasteiger charge is 2.48. The Morgan fingerprint density at radius 1 is 1.16 bits per heavy atom. The summed E-state index contributed by atoms with van der Waals surface area (Å²) in [7, 11) is 1.61. The van der Waals surface area contributed by atoms with Crippen molar-refractivity contribution >= 4 is 17.7 Å². The van der Waals surface area contributed by atoms with Crippen molar-refractivity contribution in [3.05, 3.63) is 47.3 Å². The molecule has 0 aliphatic carbocycles. The molecule has 1 fully saturated rings. The van der Waals surface area contributed by atoms with Gasteiger partial charge in [-0.25, -0.2) is 4.79 Å². The number of carbonyl (C=O) groups excluding carboxylic acids is 3. The van der Waals surface area contributed by atoms with Gasteiger partial charge in [-0.1, -0.05) is 13.8 Å². The molecule has 1 aliphatic heterocycles. The summed E-state index contributed by atoms with van der Waals surface area (Å²) in [5.74, 6) is 0.571. The van der Waals surface area contributed by atoms with Gasteiger partial charge in [-0.15, -0.1) is 0 Å². The Bertz CT molecular complexity index is 1010. The fraction of sp³-hybridized carbons (Fsp3) is 0.458. The highest BCUT2D eigenvalue weighted by molar-refractivity contribution is 6.11. The Morgan fingerprint density at radius 2 is 1.81 bits per heavy atom. The number of carbonyl (C=O) groups is 3. The van der Waals surface area contributed by atoms with Crippen molar-refractivity contribution in [1.29, 1.82) is 0 Å². The van der Waals surface area contributed by atoms with Gasteiger partial charge in [0.15, 0.2) is 5.78 Å². The van der Waals surface area contributed by atoms with Crippen LogP contribution >= 0.6 is 0 Å². The van der Waals surface area contributed by atoms with Gasteiger partial charge in [-0.3, -0.25) is 14.5 Å². The number of rotatable bonds is 8. The fourth-order valence-corrected chi connectivity index (χ4v) is 4.04. The third kappa shape index (κ3) is 4.36. The topological polar surface area (TPSA) is 80.6 Å². The minimum Gasteiger partial charge on any atom is -0.497 e. The molecule has 0 spiro atoms. The summed E-state index contributed by atoms with van der Waals surface area (Å²) < 4.78 is 7.19. The number of hydrogen-bond acceptors (Lipinski definition) is 4. The largest absolute Gasteiger partial charge is 0.497 e. The van der Waals surface area contributed by atoms with Crippen LogP contribution in [0.15, 0.2) is 30.3 Å². The molecular formula is C24H31N3O4. The van der Waals surface area contributed by atoms with E-state index in [0.29, 0.717) is 17.9 Å². The number of ether oxygens (including phenoxy) is 1. The van der Waals surface area contributed by atoms with E-state index in [4.69, 9.17) is 4.74 Å². The average molecular weight is 426 g/mol. The van der Waals surface area contributed by atoms with Crippen molar-refractivity contribution in [2.24, 2.45) is 5.92 Å². The zero-order valence-corrected chi connectivity index (χ0v) is 19.1. The monoisotopic (exact) mass is 425 g/mol. The molecule has 1 aromatic heterocycles. The predicted octanol–water partition coefficient (Wildman–Crippen LogP) is 4.03. The number of hydrogen-bond donors (Lipinski definition) is 1. The maximum atomic E-state index is 13.1. The van der Waals surface area contributed by atoms with Crippen molar-refractivity contribution in [2.45, 2.75) is 53.0 Å². The number of methoxy groups -OCH3 is 1. The van der Waals surface area contributed by atoms with Crippen LogP contribution in [-0.2, 0) is 4.79 Å².